The van der Waals surface area contributed by atoms with Gasteiger partial charge in [0.25, 0.3) is 0 Å². The largest absolute Gasteiger partial charge is 0.481 e. The molecule has 0 aliphatic carbocycles. The quantitative estimate of drug-likeness (QED) is 0.344. The van der Waals surface area contributed by atoms with Crippen LogP contribution in [0.3, 0.4) is 0 Å². The molecule has 1 heterocycles. The predicted molar refractivity (Wildman–Crippen MR) is 108 cm³/mol. The van der Waals surface area contributed by atoms with Crippen molar-refractivity contribution in [2.75, 3.05) is 13.1 Å². The molecule has 6 heteroatoms. The van der Waals surface area contributed by atoms with Gasteiger partial charge in [-0.3, -0.25) is 9.69 Å². The number of carboxylic acid groups (broad SMARTS) is 1. The molecule has 0 aromatic heterocycles. The molecular weight excluding hydrogens is 352 g/mol. The van der Waals surface area contributed by atoms with Crippen LogP contribution in [0.2, 0.25) is 0 Å². The Morgan fingerprint density at radius 3 is 2.54 bits per heavy atom. The van der Waals surface area contributed by atoms with E-state index in [2.05, 4.69) is 33.0 Å². The first-order valence-electron chi connectivity index (χ1n) is 9.22. The lowest BCUT2D eigenvalue weighted by Gasteiger charge is -2.37. The van der Waals surface area contributed by atoms with Crippen LogP contribution in [0.1, 0.15) is 35.4 Å². The van der Waals surface area contributed by atoms with Crippen molar-refractivity contribution in [3.63, 3.8) is 0 Å². The van der Waals surface area contributed by atoms with Crippen LogP contribution in [-0.2, 0) is 11.3 Å². The van der Waals surface area contributed by atoms with Crippen LogP contribution >= 0.6 is 0 Å². The monoisotopic (exact) mass is 374 g/mol. The van der Waals surface area contributed by atoms with Gasteiger partial charge in [0.2, 0.25) is 0 Å². The average Bonchev–Trinajstić information content (AvgIpc) is 2.69. The fourth-order valence-corrected chi connectivity index (χ4v) is 3.90. The Morgan fingerprint density at radius 1 is 1.21 bits per heavy atom. The molecule has 1 fully saturated rings. The molecule has 1 aliphatic rings. The second kappa shape index (κ2) is 9.09. The molecule has 0 radical (unpaired) electrons. The Labute approximate surface area is 164 Å². The van der Waals surface area contributed by atoms with Crippen LogP contribution in [0.4, 0.5) is 5.69 Å². The normalized spacial score (nSPS) is 19.4. The molecule has 1 aliphatic heterocycles. The van der Waals surface area contributed by atoms with Crippen molar-refractivity contribution in [2.45, 2.75) is 25.3 Å². The fourth-order valence-electron chi connectivity index (χ4n) is 3.90. The second-order valence-corrected chi connectivity index (χ2v) is 7.21. The lowest BCUT2D eigenvalue weighted by atomic mass is 9.82. The topological polar surface area (TPSA) is 89.3 Å². The first-order chi connectivity index (χ1) is 13.6. The predicted octanol–water partition coefficient (Wildman–Crippen LogP) is 4.69. The van der Waals surface area contributed by atoms with Gasteiger partial charge >= 0.3 is 5.97 Å². The number of carbonyl (C=O) groups is 1. The molecule has 0 amide bonds. The molecule has 2 atom stereocenters. The maximum absolute atomic E-state index is 11.3. The first-order valence-corrected chi connectivity index (χ1v) is 9.22. The molecule has 0 spiro atoms. The molecule has 6 nitrogen and oxygen atoms in total. The molecule has 1 N–H and O–H groups in total. The molecule has 28 heavy (non-hydrogen) atoms. The lowest BCUT2D eigenvalue weighted by molar-refractivity contribution is -0.138. The van der Waals surface area contributed by atoms with Gasteiger partial charge in [-0.2, -0.15) is 0 Å². The molecule has 0 saturated carbocycles. The highest BCUT2D eigenvalue weighted by molar-refractivity contribution is 5.67. The first kappa shape index (κ1) is 19.5. The standard InChI is InChI=1S/C22H22N4O2/c1-2-16-3-7-19(8-4-16)20-11-18(12-22(27)28)14-26(15-20)13-17-5-9-21(10-6-17)24-25-23/h1,3-10,18,20H,11-15H2,(H,27,28)/t18-,20+/m1/s1. The number of likely N-dealkylation sites (tertiary alicyclic amines) is 1. The fraction of sp³-hybridized carbons (Fsp3) is 0.318. The lowest BCUT2D eigenvalue weighted by Crippen LogP contribution is -2.39. The Balaban J connectivity index is 1.75. The van der Waals surface area contributed by atoms with Gasteiger partial charge in [-0.05, 0) is 47.0 Å². The summed E-state index contributed by atoms with van der Waals surface area (Å²) in [5.41, 5.74) is 12.2. The third-order valence-corrected chi connectivity index (χ3v) is 5.13. The number of terminal acetylenes is 1. The summed E-state index contributed by atoms with van der Waals surface area (Å²) in [5.74, 6) is 2.24. The highest BCUT2D eigenvalue weighted by atomic mass is 16.4. The minimum atomic E-state index is -0.757. The minimum absolute atomic E-state index is 0.103. The number of azide groups is 1. The number of carboxylic acids is 1. The summed E-state index contributed by atoms with van der Waals surface area (Å²) >= 11 is 0. The summed E-state index contributed by atoms with van der Waals surface area (Å²) in [6, 6.07) is 15.5. The van der Waals surface area contributed by atoms with Crippen LogP contribution in [0.5, 0.6) is 0 Å². The highest BCUT2D eigenvalue weighted by Gasteiger charge is 2.29. The SMILES string of the molecule is C#Cc1ccc([C@H]2C[C@H](CC(=O)O)CN(Cc3ccc(N=[N+]=[N-])cc3)C2)cc1. The van der Waals surface area contributed by atoms with Crippen LogP contribution in [0.15, 0.2) is 53.6 Å². The van der Waals surface area contributed by atoms with E-state index in [1.54, 1.807) is 12.1 Å². The number of benzene rings is 2. The van der Waals surface area contributed by atoms with Crippen LogP contribution < -0.4 is 0 Å². The van der Waals surface area contributed by atoms with Crippen molar-refractivity contribution in [1.29, 1.82) is 0 Å². The van der Waals surface area contributed by atoms with E-state index in [-0.39, 0.29) is 18.3 Å². The van der Waals surface area contributed by atoms with Crippen molar-refractivity contribution in [3.05, 3.63) is 75.7 Å². The van der Waals surface area contributed by atoms with E-state index in [4.69, 9.17) is 12.0 Å². The van der Waals surface area contributed by atoms with Crippen molar-refractivity contribution in [1.82, 2.24) is 4.90 Å². The molecule has 142 valence electrons. The molecule has 0 bridgehead atoms. The summed E-state index contributed by atoms with van der Waals surface area (Å²) in [4.78, 5) is 16.4. The number of aliphatic carboxylic acids is 1. The molecule has 2 aromatic rings. The van der Waals surface area contributed by atoms with E-state index in [0.29, 0.717) is 5.69 Å². The van der Waals surface area contributed by atoms with Gasteiger partial charge in [-0.25, -0.2) is 0 Å². The zero-order valence-electron chi connectivity index (χ0n) is 15.5. The van der Waals surface area contributed by atoms with Gasteiger partial charge in [-0.15, -0.1) is 6.42 Å². The van der Waals surface area contributed by atoms with Gasteiger partial charge < -0.3 is 5.11 Å². The smallest absolute Gasteiger partial charge is 0.303 e. The van der Waals surface area contributed by atoms with E-state index in [9.17, 15) is 9.90 Å². The Bertz CT molecular complexity index is 909. The number of rotatable bonds is 6. The molecule has 1 saturated heterocycles. The number of nitrogens with zero attached hydrogens (tertiary/aromatic N) is 4. The van der Waals surface area contributed by atoms with Crippen molar-refractivity contribution >= 4 is 11.7 Å². The van der Waals surface area contributed by atoms with E-state index in [0.717, 1.165) is 37.2 Å². The average molecular weight is 374 g/mol. The van der Waals surface area contributed by atoms with Gasteiger partial charge in [0.05, 0.1) is 0 Å². The Hall–Kier alpha value is -3.26. The van der Waals surface area contributed by atoms with Crippen LogP contribution in [-0.4, -0.2) is 29.1 Å². The van der Waals surface area contributed by atoms with Gasteiger partial charge in [0.1, 0.15) is 0 Å². The summed E-state index contributed by atoms with van der Waals surface area (Å²) in [5, 5.41) is 12.9. The molecule has 2 aromatic carbocycles. The van der Waals surface area contributed by atoms with Gasteiger partial charge in [0, 0.05) is 42.2 Å². The molecular formula is C22H22N4O2. The zero-order chi connectivity index (χ0) is 19.9. The van der Waals surface area contributed by atoms with E-state index < -0.39 is 5.97 Å². The summed E-state index contributed by atoms with van der Waals surface area (Å²) < 4.78 is 0. The number of piperidine rings is 1. The third-order valence-electron chi connectivity index (χ3n) is 5.13. The van der Waals surface area contributed by atoms with Gasteiger partial charge in [0.15, 0.2) is 0 Å². The van der Waals surface area contributed by atoms with E-state index >= 15 is 0 Å². The summed E-state index contributed by atoms with van der Waals surface area (Å²) in [6.07, 6.45) is 6.47. The highest BCUT2D eigenvalue weighted by Crippen LogP contribution is 2.33. The van der Waals surface area contributed by atoms with Crippen molar-refractivity contribution < 1.29 is 9.90 Å². The number of hydrogen-bond donors (Lipinski definition) is 1. The third kappa shape index (κ3) is 5.14. The second-order valence-electron chi connectivity index (χ2n) is 7.21. The molecule has 0 unspecified atom stereocenters. The Kier molecular flexibility index (Phi) is 6.33. The van der Waals surface area contributed by atoms with Crippen molar-refractivity contribution in [2.24, 2.45) is 11.0 Å². The Morgan fingerprint density at radius 2 is 1.93 bits per heavy atom. The maximum Gasteiger partial charge on any atom is 0.303 e. The summed E-state index contributed by atoms with van der Waals surface area (Å²) in [6.45, 7) is 2.35. The zero-order valence-corrected chi connectivity index (χ0v) is 15.5. The minimum Gasteiger partial charge on any atom is -0.481 e. The van der Waals surface area contributed by atoms with E-state index in [1.165, 1.54) is 5.56 Å². The van der Waals surface area contributed by atoms with E-state index in [1.807, 2.05) is 24.3 Å². The van der Waals surface area contributed by atoms with Crippen LogP contribution in [0.25, 0.3) is 10.4 Å². The maximum atomic E-state index is 11.3. The van der Waals surface area contributed by atoms with Crippen molar-refractivity contribution in [3.8, 4) is 12.3 Å². The molecule has 3 rings (SSSR count). The van der Waals surface area contributed by atoms with Gasteiger partial charge in [-0.1, -0.05) is 47.4 Å². The van der Waals surface area contributed by atoms with Crippen LogP contribution in [0, 0.1) is 18.3 Å². The summed E-state index contributed by atoms with van der Waals surface area (Å²) in [7, 11) is 0. The number of hydrogen-bond acceptors (Lipinski definition) is 3.